The van der Waals surface area contributed by atoms with Gasteiger partial charge in [-0.25, -0.2) is 0 Å². The highest BCUT2D eigenvalue weighted by Gasteiger charge is 2.31. The fourth-order valence-electron chi connectivity index (χ4n) is 2.31. The molecule has 3 nitrogen and oxygen atoms in total. The molecule has 2 aromatic rings. The molecule has 3 rings (SSSR count). The molecule has 1 aliphatic rings. The molecule has 0 unspecified atom stereocenters. The van der Waals surface area contributed by atoms with E-state index < -0.39 is 0 Å². The molecule has 0 aliphatic heterocycles. The standard InChI is InChI=1S/C16H7Br3O3/c17-10-5-7(6-11(18)16(10)22)12-13(19)15(21)9-4-2-1-3-8(9)14(12)20/h1-6,22H. The van der Waals surface area contributed by atoms with Gasteiger partial charge in [0.15, 0.2) is 5.78 Å². The lowest BCUT2D eigenvalue weighted by atomic mass is 9.86. The number of Topliss-reactive ketones (excluding diaryl/α,β-unsaturated/α-hetero) is 2. The second-order valence-electron chi connectivity index (χ2n) is 4.68. The second kappa shape index (κ2) is 5.76. The molecule has 1 aliphatic carbocycles. The zero-order valence-corrected chi connectivity index (χ0v) is 15.6. The highest BCUT2D eigenvalue weighted by molar-refractivity contribution is 9.12. The van der Waals surface area contributed by atoms with Crippen LogP contribution in [0.5, 0.6) is 5.75 Å². The fourth-order valence-corrected chi connectivity index (χ4v) is 4.12. The van der Waals surface area contributed by atoms with E-state index in [1.165, 1.54) is 0 Å². The Balaban J connectivity index is 2.26. The van der Waals surface area contributed by atoms with Crippen molar-refractivity contribution in [3.8, 4) is 5.75 Å². The molecular weight excluding hydrogens is 480 g/mol. The van der Waals surface area contributed by atoms with Crippen molar-refractivity contribution in [1.29, 1.82) is 0 Å². The van der Waals surface area contributed by atoms with Crippen molar-refractivity contribution in [1.82, 2.24) is 0 Å². The smallest absolute Gasteiger partial charge is 0.201 e. The highest BCUT2D eigenvalue weighted by atomic mass is 79.9. The van der Waals surface area contributed by atoms with Gasteiger partial charge in [-0.2, -0.15) is 0 Å². The maximum atomic E-state index is 12.7. The Morgan fingerprint density at radius 1 is 0.818 bits per heavy atom. The zero-order valence-electron chi connectivity index (χ0n) is 10.9. The molecule has 6 heteroatoms. The van der Waals surface area contributed by atoms with Gasteiger partial charge in [-0.3, -0.25) is 9.59 Å². The van der Waals surface area contributed by atoms with Gasteiger partial charge in [0, 0.05) is 16.7 Å². The third-order valence-electron chi connectivity index (χ3n) is 3.37. The number of carbonyl (C=O) groups is 2. The van der Waals surface area contributed by atoms with Gasteiger partial charge in [0.05, 0.1) is 13.4 Å². The van der Waals surface area contributed by atoms with Crippen LogP contribution in [-0.4, -0.2) is 16.7 Å². The number of phenols is 1. The van der Waals surface area contributed by atoms with Gasteiger partial charge in [-0.15, -0.1) is 0 Å². The van der Waals surface area contributed by atoms with Crippen molar-refractivity contribution >= 4 is 64.9 Å². The number of benzene rings is 2. The van der Waals surface area contributed by atoms with E-state index in [1.54, 1.807) is 36.4 Å². The minimum Gasteiger partial charge on any atom is -0.506 e. The Morgan fingerprint density at radius 3 is 1.86 bits per heavy atom. The van der Waals surface area contributed by atoms with E-state index >= 15 is 0 Å². The summed E-state index contributed by atoms with van der Waals surface area (Å²) in [5, 5.41) is 9.80. The molecule has 22 heavy (non-hydrogen) atoms. The molecule has 0 aromatic heterocycles. The summed E-state index contributed by atoms with van der Waals surface area (Å²) in [5.41, 5.74) is 1.59. The number of ketones is 2. The van der Waals surface area contributed by atoms with Crippen LogP contribution < -0.4 is 0 Å². The predicted octanol–water partition coefficient (Wildman–Crippen LogP) is 5.10. The Kier molecular flexibility index (Phi) is 4.09. The minimum absolute atomic E-state index is 0.0375. The van der Waals surface area contributed by atoms with E-state index in [-0.39, 0.29) is 27.4 Å². The van der Waals surface area contributed by atoms with Gasteiger partial charge < -0.3 is 5.11 Å². The van der Waals surface area contributed by atoms with Gasteiger partial charge in [-0.05, 0) is 65.5 Å². The molecule has 0 heterocycles. The SMILES string of the molecule is O=C1C(Br)=C(c2cc(Br)c(O)c(Br)c2)C(=O)c2ccccc21. The van der Waals surface area contributed by atoms with Crippen LogP contribution in [-0.2, 0) is 0 Å². The molecule has 0 amide bonds. The molecule has 0 saturated carbocycles. The van der Waals surface area contributed by atoms with Crippen LogP contribution in [0, 0.1) is 0 Å². The van der Waals surface area contributed by atoms with E-state index in [4.69, 9.17) is 0 Å². The monoisotopic (exact) mass is 484 g/mol. The van der Waals surface area contributed by atoms with Gasteiger partial charge >= 0.3 is 0 Å². The number of hydrogen-bond donors (Lipinski definition) is 1. The third-order valence-corrected chi connectivity index (χ3v) is 5.33. The van der Waals surface area contributed by atoms with Crippen LogP contribution in [0.15, 0.2) is 49.8 Å². The van der Waals surface area contributed by atoms with Crippen LogP contribution in [0.4, 0.5) is 0 Å². The molecule has 2 aromatic carbocycles. The van der Waals surface area contributed by atoms with E-state index in [0.29, 0.717) is 25.6 Å². The van der Waals surface area contributed by atoms with Crippen LogP contribution in [0.3, 0.4) is 0 Å². The number of aromatic hydroxyl groups is 1. The van der Waals surface area contributed by atoms with Crippen molar-refractivity contribution in [2.75, 3.05) is 0 Å². The number of phenolic OH excluding ortho intramolecular Hbond substituents is 1. The first kappa shape index (κ1) is 15.6. The first-order valence-electron chi connectivity index (χ1n) is 6.18. The normalized spacial score (nSPS) is 14.3. The average molecular weight is 487 g/mol. The van der Waals surface area contributed by atoms with Crippen LogP contribution in [0.1, 0.15) is 26.3 Å². The first-order valence-corrected chi connectivity index (χ1v) is 8.56. The number of halogens is 3. The lowest BCUT2D eigenvalue weighted by Gasteiger charge is -2.18. The molecule has 0 atom stereocenters. The largest absolute Gasteiger partial charge is 0.506 e. The lowest BCUT2D eigenvalue weighted by molar-refractivity contribution is 0.0999. The van der Waals surface area contributed by atoms with Gasteiger partial charge in [0.1, 0.15) is 5.75 Å². The number of allylic oxidation sites excluding steroid dienone is 2. The van der Waals surface area contributed by atoms with Crippen molar-refractivity contribution in [3.05, 3.63) is 66.5 Å². The number of hydrogen-bond acceptors (Lipinski definition) is 3. The molecule has 0 spiro atoms. The maximum absolute atomic E-state index is 12.7. The molecular formula is C16H7Br3O3. The quantitative estimate of drug-likeness (QED) is 0.610. The van der Waals surface area contributed by atoms with Crippen LogP contribution in [0.25, 0.3) is 5.57 Å². The van der Waals surface area contributed by atoms with Crippen molar-refractivity contribution in [2.24, 2.45) is 0 Å². The summed E-state index contributed by atoms with van der Waals surface area (Å²) in [6, 6.07) is 9.94. The van der Waals surface area contributed by atoms with Crippen LogP contribution in [0.2, 0.25) is 0 Å². The summed E-state index contributed by atoms with van der Waals surface area (Å²) < 4.78 is 1.09. The molecule has 0 saturated heterocycles. The minimum atomic E-state index is -0.231. The summed E-state index contributed by atoms with van der Waals surface area (Å²) in [5.74, 6) is -0.424. The van der Waals surface area contributed by atoms with Gasteiger partial charge in [0.25, 0.3) is 0 Å². The summed E-state index contributed by atoms with van der Waals surface area (Å²) >= 11 is 9.72. The van der Waals surface area contributed by atoms with Gasteiger partial charge in [0.2, 0.25) is 5.78 Å². The number of rotatable bonds is 1. The maximum Gasteiger partial charge on any atom is 0.201 e. The lowest BCUT2D eigenvalue weighted by Crippen LogP contribution is -2.19. The van der Waals surface area contributed by atoms with Gasteiger partial charge in [-0.1, -0.05) is 24.3 Å². The van der Waals surface area contributed by atoms with E-state index in [2.05, 4.69) is 47.8 Å². The Bertz CT molecular complexity index is 846. The topological polar surface area (TPSA) is 54.4 Å². The molecule has 0 fully saturated rings. The summed E-state index contributed by atoms with van der Waals surface area (Å²) in [6.45, 7) is 0. The van der Waals surface area contributed by atoms with Crippen molar-refractivity contribution < 1.29 is 14.7 Å². The summed E-state index contributed by atoms with van der Waals surface area (Å²) in [7, 11) is 0. The van der Waals surface area contributed by atoms with Crippen molar-refractivity contribution in [3.63, 3.8) is 0 Å². The Morgan fingerprint density at radius 2 is 1.32 bits per heavy atom. The molecule has 0 bridgehead atoms. The Hall–Kier alpha value is -1.24. The van der Waals surface area contributed by atoms with E-state index in [9.17, 15) is 14.7 Å². The van der Waals surface area contributed by atoms with E-state index in [0.717, 1.165) is 0 Å². The molecule has 0 radical (unpaired) electrons. The Labute approximate surface area is 151 Å². The number of fused-ring (bicyclic) bond motifs is 1. The average Bonchev–Trinajstić information content (AvgIpc) is 2.50. The molecule has 1 N–H and O–H groups in total. The molecule has 110 valence electrons. The highest BCUT2D eigenvalue weighted by Crippen LogP contribution is 2.40. The van der Waals surface area contributed by atoms with Crippen LogP contribution >= 0.6 is 47.8 Å². The number of carbonyl (C=O) groups excluding carboxylic acids is 2. The fraction of sp³-hybridized carbons (Fsp3) is 0. The predicted molar refractivity (Wildman–Crippen MR) is 94.5 cm³/mol. The summed E-state index contributed by atoms with van der Waals surface area (Å²) in [6.07, 6.45) is 0. The second-order valence-corrected chi connectivity index (χ2v) is 7.18. The summed E-state index contributed by atoms with van der Waals surface area (Å²) in [4.78, 5) is 25.2. The first-order chi connectivity index (χ1) is 10.4. The third kappa shape index (κ3) is 2.39. The van der Waals surface area contributed by atoms with Crippen molar-refractivity contribution in [2.45, 2.75) is 0 Å². The van der Waals surface area contributed by atoms with E-state index in [1.807, 2.05) is 0 Å². The zero-order chi connectivity index (χ0) is 16.0.